The monoisotopic (exact) mass is 396 g/mol. The second kappa shape index (κ2) is 7.07. The van der Waals surface area contributed by atoms with Gasteiger partial charge in [-0.25, -0.2) is 13.4 Å². The summed E-state index contributed by atoms with van der Waals surface area (Å²) < 4.78 is 37.2. The van der Waals surface area contributed by atoms with Crippen molar-refractivity contribution in [3.05, 3.63) is 41.0 Å². The summed E-state index contributed by atoms with van der Waals surface area (Å²) in [6.07, 6.45) is 1.80. The molecular weight excluding hydrogens is 376 g/mol. The Morgan fingerprint density at radius 3 is 2.65 bits per heavy atom. The second-order valence-electron chi connectivity index (χ2n) is 6.05. The van der Waals surface area contributed by atoms with Crippen molar-refractivity contribution < 1.29 is 23.1 Å². The van der Waals surface area contributed by atoms with E-state index in [1.165, 1.54) is 18.3 Å². The lowest BCUT2D eigenvalue weighted by atomic mass is 9.97. The summed E-state index contributed by atoms with van der Waals surface area (Å²) in [5.41, 5.74) is 0.342. The molecule has 1 N–H and O–H groups in total. The first-order valence-electron chi connectivity index (χ1n) is 8.02. The molecule has 3 rings (SSSR count). The largest absolute Gasteiger partial charge is 0.411 e. The molecule has 0 radical (unpaired) electrons. The van der Waals surface area contributed by atoms with Crippen LogP contribution in [0.1, 0.15) is 30.8 Å². The molecule has 1 aliphatic rings. The molecule has 2 aromatic rings. The number of hydrogen-bond acceptors (Lipinski definition) is 8. The summed E-state index contributed by atoms with van der Waals surface area (Å²) >= 11 is 1.11. The zero-order valence-corrected chi connectivity index (χ0v) is 16.3. The van der Waals surface area contributed by atoms with E-state index in [9.17, 15) is 8.42 Å². The number of sulfone groups is 1. The van der Waals surface area contributed by atoms with Crippen molar-refractivity contribution >= 4 is 26.9 Å². The minimum atomic E-state index is -3.69. The maximum absolute atomic E-state index is 12.9. The molecule has 1 aliphatic heterocycles. The molecule has 2 unspecified atom stereocenters. The quantitative estimate of drug-likeness (QED) is 0.474. The molecule has 9 heteroatoms. The van der Waals surface area contributed by atoms with Crippen LogP contribution in [0.2, 0.25) is 0 Å². The van der Waals surface area contributed by atoms with Gasteiger partial charge in [0, 0.05) is 13.5 Å². The molecular formula is C17H20N2O5S2. The van der Waals surface area contributed by atoms with Crippen molar-refractivity contribution in [3.8, 4) is 0 Å². The zero-order valence-electron chi connectivity index (χ0n) is 14.7. The second-order valence-corrected chi connectivity index (χ2v) is 9.26. The van der Waals surface area contributed by atoms with Crippen molar-refractivity contribution in [1.82, 2.24) is 4.98 Å². The van der Waals surface area contributed by atoms with Crippen LogP contribution in [0.4, 0.5) is 0 Å². The van der Waals surface area contributed by atoms with Crippen LogP contribution in [0.3, 0.4) is 0 Å². The zero-order chi connectivity index (χ0) is 18.9. The Kier molecular flexibility index (Phi) is 5.16. The van der Waals surface area contributed by atoms with Crippen LogP contribution in [0.25, 0.3) is 0 Å². The maximum Gasteiger partial charge on any atom is 0.217 e. The molecule has 1 fully saturated rings. The summed E-state index contributed by atoms with van der Waals surface area (Å²) in [4.78, 5) is 4.48. The highest BCUT2D eigenvalue weighted by molar-refractivity contribution is 7.93. The summed E-state index contributed by atoms with van der Waals surface area (Å²) in [6, 6.07) is 6.19. The van der Waals surface area contributed by atoms with Crippen molar-refractivity contribution in [2.45, 2.75) is 41.1 Å². The SMILES string of the molecule is COC1(c2ncc(S(=O)(=O)c3ccc(C(C)=NO)cc3)s2)CCOC1C. The Morgan fingerprint density at radius 2 is 2.12 bits per heavy atom. The molecule has 0 spiro atoms. The summed E-state index contributed by atoms with van der Waals surface area (Å²) in [7, 11) is -2.10. The van der Waals surface area contributed by atoms with Gasteiger partial charge in [-0.2, -0.15) is 0 Å². The molecule has 0 amide bonds. The van der Waals surface area contributed by atoms with E-state index in [0.29, 0.717) is 29.3 Å². The van der Waals surface area contributed by atoms with Crippen LogP contribution in [-0.2, 0) is 24.9 Å². The summed E-state index contributed by atoms with van der Waals surface area (Å²) in [5, 5.41) is 12.5. The molecule has 1 aromatic heterocycles. The number of oxime groups is 1. The van der Waals surface area contributed by atoms with Gasteiger partial charge < -0.3 is 14.7 Å². The fourth-order valence-electron chi connectivity index (χ4n) is 2.99. The normalized spacial score (nSPS) is 24.1. The summed E-state index contributed by atoms with van der Waals surface area (Å²) in [5.74, 6) is 0. The number of nitrogens with zero attached hydrogens (tertiary/aromatic N) is 2. The van der Waals surface area contributed by atoms with E-state index < -0.39 is 15.4 Å². The molecule has 2 atom stereocenters. The minimum absolute atomic E-state index is 0.156. The van der Waals surface area contributed by atoms with E-state index in [0.717, 1.165) is 11.3 Å². The van der Waals surface area contributed by atoms with Crippen molar-refractivity contribution in [1.29, 1.82) is 0 Å². The fourth-order valence-corrected chi connectivity index (χ4v) is 5.80. The minimum Gasteiger partial charge on any atom is -0.411 e. The molecule has 0 bridgehead atoms. The van der Waals surface area contributed by atoms with Gasteiger partial charge in [-0.3, -0.25) is 0 Å². The number of rotatable bonds is 5. The van der Waals surface area contributed by atoms with Crippen LogP contribution < -0.4 is 0 Å². The van der Waals surface area contributed by atoms with Gasteiger partial charge in [0.15, 0.2) is 0 Å². The first-order valence-corrected chi connectivity index (χ1v) is 10.3. The topological polar surface area (TPSA) is 98.1 Å². The molecule has 140 valence electrons. The number of hydrogen-bond donors (Lipinski definition) is 1. The van der Waals surface area contributed by atoms with Gasteiger partial charge in [0.2, 0.25) is 9.84 Å². The molecule has 2 heterocycles. The van der Waals surface area contributed by atoms with Crippen LogP contribution in [-0.4, -0.2) is 44.1 Å². The van der Waals surface area contributed by atoms with Gasteiger partial charge >= 0.3 is 0 Å². The number of ether oxygens (including phenoxy) is 2. The molecule has 1 saturated heterocycles. The number of thiazole rings is 1. The average molecular weight is 396 g/mol. The third kappa shape index (κ3) is 3.05. The lowest BCUT2D eigenvalue weighted by Gasteiger charge is -2.28. The number of aromatic nitrogens is 1. The highest BCUT2D eigenvalue weighted by Crippen LogP contribution is 2.42. The lowest BCUT2D eigenvalue weighted by molar-refractivity contribution is -0.0647. The molecule has 26 heavy (non-hydrogen) atoms. The van der Waals surface area contributed by atoms with Gasteiger partial charge in [0.25, 0.3) is 0 Å². The molecule has 1 aromatic carbocycles. The Morgan fingerprint density at radius 1 is 1.42 bits per heavy atom. The van der Waals surface area contributed by atoms with E-state index in [4.69, 9.17) is 14.7 Å². The van der Waals surface area contributed by atoms with E-state index >= 15 is 0 Å². The molecule has 7 nitrogen and oxygen atoms in total. The highest BCUT2D eigenvalue weighted by atomic mass is 32.2. The van der Waals surface area contributed by atoms with Crippen LogP contribution in [0.5, 0.6) is 0 Å². The Bertz CT molecular complexity index is 921. The fraction of sp³-hybridized carbons (Fsp3) is 0.412. The highest BCUT2D eigenvalue weighted by Gasteiger charge is 2.46. The van der Waals surface area contributed by atoms with Gasteiger partial charge in [0.05, 0.1) is 29.5 Å². The van der Waals surface area contributed by atoms with Crippen molar-refractivity contribution in [3.63, 3.8) is 0 Å². The van der Waals surface area contributed by atoms with Gasteiger partial charge in [-0.1, -0.05) is 17.3 Å². The maximum atomic E-state index is 12.9. The lowest BCUT2D eigenvalue weighted by Crippen LogP contribution is -2.35. The number of benzene rings is 1. The van der Waals surface area contributed by atoms with Crippen LogP contribution >= 0.6 is 11.3 Å². The van der Waals surface area contributed by atoms with Crippen molar-refractivity contribution in [2.75, 3.05) is 13.7 Å². The Balaban J connectivity index is 1.95. The van der Waals surface area contributed by atoms with E-state index in [2.05, 4.69) is 10.1 Å². The molecule has 0 saturated carbocycles. The van der Waals surface area contributed by atoms with Crippen LogP contribution in [0, 0.1) is 0 Å². The Hall–Kier alpha value is -1.81. The predicted molar refractivity (Wildman–Crippen MR) is 96.7 cm³/mol. The average Bonchev–Trinajstić information content (AvgIpc) is 3.29. The van der Waals surface area contributed by atoms with Gasteiger partial charge in [-0.05, 0) is 31.5 Å². The third-order valence-corrected chi connectivity index (χ3v) is 8.09. The summed E-state index contributed by atoms with van der Waals surface area (Å²) in [6.45, 7) is 4.08. The van der Waals surface area contributed by atoms with Crippen molar-refractivity contribution in [2.24, 2.45) is 5.16 Å². The standard InChI is InChI=1S/C17H20N2O5S2/c1-11(19-20)13-4-6-14(7-5-13)26(21,22)15-10-18-16(25-15)17(23-3)8-9-24-12(17)2/h4-7,10,12,20H,8-9H2,1-3H3. The van der Waals surface area contributed by atoms with Gasteiger partial charge in [0.1, 0.15) is 14.8 Å². The van der Waals surface area contributed by atoms with E-state index in [1.807, 2.05) is 6.92 Å². The van der Waals surface area contributed by atoms with Crippen LogP contribution in [0.15, 0.2) is 44.7 Å². The van der Waals surface area contributed by atoms with E-state index in [-0.39, 0.29) is 15.2 Å². The van der Waals surface area contributed by atoms with Gasteiger partial charge in [-0.15, -0.1) is 11.3 Å². The first-order chi connectivity index (χ1) is 12.3. The number of methoxy groups -OCH3 is 1. The smallest absolute Gasteiger partial charge is 0.217 e. The Labute approximate surface area is 156 Å². The van der Waals surface area contributed by atoms with E-state index in [1.54, 1.807) is 26.2 Å². The molecule has 0 aliphatic carbocycles. The third-order valence-electron chi connectivity index (χ3n) is 4.71. The first kappa shape index (κ1) is 19.0. The predicted octanol–water partition coefficient (Wildman–Crippen LogP) is 2.82.